The van der Waals surface area contributed by atoms with Crippen molar-refractivity contribution in [2.24, 2.45) is 5.73 Å². The topological polar surface area (TPSA) is 46.2 Å². The number of hydrogen-bond acceptors (Lipinski definition) is 2. The van der Waals surface area contributed by atoms with Gasteiger partial charge in [-0.2, -0.15) is 0 Å². The van der Waals surface area contributed by atoms with Crippen LogP contribution in [0.15, 0.2) is 12.1 Å². The lowest BCUT2D eigenvalue weighted by molar-refractivity contribution is 0.465. The summed E-state index contributed by atoms with van der Waals surface area (Å²) in [4.78, 5) is 0. The molecule has 0 amide bonds. The second kappa shape index (κ2) is 3.79. The highest BCUT2D eigenvalue weighted by Crippen LogP contribution is 2.22. The maximum absolute atomic E-state index is 9.61. The van der Waals surface area contributed by atoms with Gasteiger partial charge in [0.1, 0.15) is 5.75 Å². The Hall–Kier alpha value is -1.02. The molecule has 2 nitrogen and oxygen atoms in total. The molecule has 0 saturated heterocycles. The zero-order valence-electron chi connectivity index (χ0n) is 8.46. The molecule has 0 aliphatic heterocycles. The number of phenols is 1. The van der Waals surface area contributed by atoms with Crippen LogP contribution in [0.25, 0.3) is 0 Å². The van der Waals surface area contributed by atoms with Crippen LogP contribution in [0.2, 0.25) is 0 Å². The third kappa shape index (κ3) is 2.46. The Bertz CT molecular complexity index is 305. The third-order valence-corrected chi connectivity index (χ3v) is 2.24. The average molecular weight is 179 g/mol. The summed E-state index contributed by atoms with van der Waals surface area (Å²) >= 11 is 0. The van der Waals surface area contributed by atoms with Gasteiger partial charge in [-0.3, -0.25) is 0 Å². The molecule has 0 heterocycles. The standard InChI is InChI=1S/C11H17NO/c1-7-4-10(6-9(3)12)11(13)5-8(7)2/h4-5,9,13H,6,12H2,1-3H3/t9-/m1/s1. The predicted octanol–water partition coefficient (Wildman–Crippen LogP) is 1.90. The minimum Gasteiger partial charge on any atom is -0.508 e. The summed E-state index contributed by atoms with van der Waals surface area (Å²) in [6, 6.07) is 3.90. The Morgan fingerprint density at radius 3 is 2.38 bits per heavy atom. The maximum atomic E-state index is 9.61. The summed E-state index contributed by atoms with van der Waals surface area (Å²) in [6.07, 6.45) is 0.729. The van der Waals surface area contributed by atoms with Gasteiger partial charge < -0.3 is 10.8 Å². The zero-order chi connectivity index (χ0) is 10.0. The molecule has 1 rings (SSSR count). The van der Waals surface area contributed by atoms with E-state index in [9.17, 15) is 5.11 Å². The molecule has 0 bridgehead atoms. The molecule has 1 atom stereocenters. The van der Waals surface area contributed by atoms with Crippen LogP contribution >= 0.6 is 0 Å². The van der Waals surface area contributed by atoms with Gasteiger partial charge in [-0.25, -0.2) is 0 Å². The van der Waals surface area contributed by atoms with Gasteiger partial charge in [0, 0.05) is 6.04 Å². The summed E-state index contributed by atoms with van der Waals surface area (Å²) in [7, 11) is 0. The lowest BCUT2D eigenvalue weighted by Gasteiger charge is -2.10. The van der Waals surface area contributed by atoms with E-state index in [1.54, 1.807) is 6.07 Å². The van der Waals surface area contributed by atoms with Gasteiger partial charge in [0.25, 0.3) is 0 Å². The van der Waals surface area contributed by atoms with Crippen molar-refractivity contribution in [3.63, 3.8) is 0 Å². The van der Waals surface area contributed by atoms with Gasteiger partial charge in [0.15, 0.2) is 0 Å². The Labute approximate surface area is 79.4 Å². The quantitative estimate of drug-likeness (QED) is 0.728. The van der Waals surface area contributed by atoms with E-state index in [1.807, 2.05) is 26.8 Å². The van der Waals surface area contributed by atoms with E-state index in [2.05, 4.69) is 0 Å². The fraction of sp³-hybridized carbons (Fsp3) is 0.455. The molecule has 0 saturated carbocycles. The molecule has 3 N–H and O–H groups in total. The second-order valence-corrected chi connectivity index (χ2v) is 3.75. The lowest BCUT2D eigenvalue weighted by atomic mass is 10.0. The van der Waals surface area contributed by atoms with Crippen molar-refractivity contribution in [2.45, 2.75) is 33.2 Å². The van der Waals surface area contributed by atoms with E-state index < -0.39 is 0 Å². The van der Waals surface area contributed by atoms with Crippen LogP contribution in [-0.2, 0) is 6.42 Å². The molecule has 1 aromatic carbocycles. The molecule has 72 valence electrons. The molecule has 13 heavy (non-hydrogen) atoms. The van der Waals surface area contributed by atoms with Gasteiger partial charge in [-0.15, -0.1) is 0 Å². The highest BCUT2D eigenvalue weighted by Gasteiger charge is 2.05. The van der Waals surface area contributed by atoms with Crippen LogP contribution in [0.1, 0.15) is 23.6 Å². The molecule has 0 unspecified atom stereocenters. The number of aryl methyl sites for hydroxylation is 2. The first kappa shape index (κ1) is 10.1. The number of hydrogen-bond donors (Lipinski definition) is 2. The van der Waals surface area contributed by atoms with Crippen molar-refractivity contribution in [1.82, 2.24) is 0 Å². The number of benzene rings is 1. The molecule has 0 aliphatic carbocycles. The predicted molar refractivity (Wildman–Crippen MR) is 54.9 cm³/mol. The van der Waals surface area contributed by atoms with E-state index in [0.717, 1.165) is 17.5 Å². The minimum atomic E-state index is 0.0907. The first-order chi connectivity index (χ1) is 6.00. The Morgan fingerprint density at radius 2 is 1.85 bits per heavy atom. The Balaban J connectivity index is 3.01. The van der Waals surface area contributed by atoms with Crippen molar-refractivity contribution in [1.29, 1.82) is 0 Å². The van der Waals surface area contributed by atoms with Crippen LogP contribution in [0, 0.1) is 13.8 Å². The highest BCUT2D eigenvalue weighted by molar-refractivity contribution is 5.41. The van der Waals surface area contributed by atoms with Crippen LogP contribution in [0.5, 0.6) is 5.75 Å². The lowest BCUT2D eigenvalue weighted by Crippen LogP contribution is -2.17. The fourth-order valence-corrected chi connectivity index (χ4v) is 1.37. The summed E-state index contributed by atoms with van der Waals surface area (Å²) in [5, 5.41) is 9.61. The van der Waals surface area contributed by atoms with Crippen LogP contribution in [0.3, 0.4) is 0 Å². The fourth-order valence-electron chi connectivity index (χ4n) is 1.37. The molecular formula is C11H17NO. The molecule has 0 radical (unpaired) electrons. The van der Waals surface area contributed by atoms with Crippen molar-refractivity contribution >= 4 is 0 Å². The van der Waals surface area contributed by atoms with Gasteiger partial charge in [0.2, 0.25) is 0 Å². The van der Waals surface area contributed by atoms with Crippen molar-refractivity contribution in [2.75, 3.05) is 0 Å². The maximum Gasteiger partial charge on any atom is 0.119 e. The zero-order valence-corrected chi connectivity index (χ0v) is 8.46. The largest absolute Gasteiger partial charge is 0.508 e. The summed E-state index contributed by atoms with van der Waals surface area (Å²) in [5.74, 6) is 0.361. The minimum absolute atomic E-state index is 0.0907. The molecular weight excluding hydrogens is 162 g/mol. The smallest absolute Gasteiger partial charge is 0.119 e. The summed E-state index contributed by atoms with van der Waals surface area (Å²) in [6.45, 7) is 5.97. The van der Waals surface area contributed by atoms with Crippen LogP contribution < -0.4 is 5.73 Å². The molecule has 2 heteroatoms. The molecule has 1 aromatic rings. The number of phenolic OH excluding ortho intramolecular Hbond substituents is 1. The first-order valence-electron chi connectivity index (χ1n) is 4.55. The Kier molecular flexibility index (Phi) is 2.94. The third-order valence-electron chi connectivity index (χ3n) is 2.24. The number of rotatable bonds is 2. The van der Waals surface area contributed by atoms with Crippen molar-refractivity contribution in [3.8, 4) is 5.75 Å². The van der Waals surface area contributed by atoms with Gasteiger partial charge in [0.05, 0.1) is 0 Å². The Morgan fingerprint density at radius 1 is 1.31 bits per heavy atom. The van der Waals surface area contributed by atoms with Crippen molar-refractivity contribution < 1.29 is 5.11 Å². The molecule has 0 aromatic heterocycles. The van der Waals surface area contributed by atoms with Gasteiger partial charge >= 0.3 is 0 Å². The van der Waals surface area contributed by atoms with E-state index in [0.29, 0.717) is 5.75 Å². The van der Waals surface area contributed by atoms with E-state index in [-0.39, 0.29) is 6.04 Å². The SMILES string of the molecule is Cc1cc(O)c(C[C@@H](C)N)cc1C. The monoisotopic (exact) mass is 179 g/mol. The van der Waals surface area contributed by atoms with Crippen LogP contribution in [-0.4, -0.2) is 11.1 Å². The summed E-state index contributed by atoms with van der Waals surface area (Å²) < 4.78 is 0. The number of nitrogens with two attached hydrogens (primary N) is 1. The molecule has 0 fully saturated rings. The molecule has 0 spiro atoms. The van der Waals surface area contributed by atoms with E-state index >= 15 is 0 Å². The first-order valence-corrected chi connectivity index (χ1v) is 4.55. The highest BCUT2D eigenvalue weighted by atomic mass is 16.3. The molecule has 0 aliphatic rings. The van der Waals surface area contributed by atoms with E-state index in [1.165, 1.54) is 5.56 Å². The van der Waals surface area contributed by atoms with Gasteiger partial charge in [-0.05, 0) is 49.9 Å². The van der Waals surface area contributed by atoms with Gasteiger partial charge in [-0.1, -0.05) is 6.07 Å². The summed E-state index contributed by atoms with van der Waals surface area (Å²) in [5.41, 5.74) is 8.93. The second-order valence-electron chi connectivity index (χ2n) is 3.75. The average Bonchev–Trinajstić information content (AvgIpc) is 1.99. The van der Waals surface area contributed by atoms with E-state index in [4.69, 9.17) is 5.73 Å². The normalized spacial score (nSPS) is 12.9. The van der Waals surface area contributed by atoms with Crippen molar-refractivity contribution in [3.05, 3.63) is 28.8 Å². The van der Waals surface area contributed by atoms with Crippen LogP contribution in [0.4, 0.5) is 0 Å². The number of aromatic hydroxyl groups is 1.